The minimum atomic E-state index is -0.125. The number of carbonyl (C=O) groups excluding carboxylic acids is 1. The number of hydrogen-bond acceptors (Lipinski definition) is 4. The summed E-state index contributed by atoms with van der Waals surface area (Å²) < 4.78 is 6.07. The maximum atomic E-state index is 11.9. The van der Waals surface area contributed by atoms with E-state index in [4.69, 9.17) is 10.5 Å². The van der Waals surface area contributed by atoms with Crippen molar-refractivity contribution in [3.8, 4) is 5.75 Å². The van der Waals surface area contributed by atoms with Gasteiger partial charge in [0.05, 0.1) is 6.54 Å². The number of nitrogens with zero attached hydrogens (tertiary/aromatic N) is 2. The number of benzene rings is 2. The number of nitrogens with two attached hydrogens (primary N) is 1. The van der Waals surface area contributed by atoms with Crippen LogP contribution in [0.1, 0.15) is 16.8 Å². The van der Waals surface area contributed by atoms with Crippen LogP contribution in [-0.4, -0.2) is 24.5 Å². The summed E-state index contributed by atoms with van der Waals surface area (Å²) in [4.78, 5) is 18.1. The average molecular weight is 349 g/mol. The second kappa shape index (κ2) is 7.54. The molecule has 0 spiro atoms. The Bertz CT molecular complexity index is 953. The minimum Gasteiger partial charge on any atom is -0.487 e. The highest BCUT2D eigenvalue weighted by Gasteiger charge is 2.14. The topological polar surface area (TPSA) is 68.5 Å². The molecule has 0 atom stereocenters. The summed E-state index contributed by atoms with van der Waals surface area (Å²) in [5, 5.41) is 1.05. The number of pyridine rings is 1. The molecule has 26 heavy (non-hydrogen) atoms. The van der Waals surface area contributed by atoms with Crippen molar-refractivity contribution >= 4 is 22.5 Å². The van der Waals surface area contributed by atoms with Crippen molar-refractivity contribution < 1.29 is 9.53 Å². The molecule has 1 heterocycles. The van der Waals surface area contributed by atoms with Crippen molar-refractivity contribution in [1.29, 1.82) is 0 Å². The van der Waals surface area contributed by atoms with Crippen molar-refractivity contribution in [2.45, 2.75) is 20.5 Å². The zero-order valence-corrected chi connectivity index (χ0v) is 15.3. The molecule has 0 aliphatic carbocycles. The first kappa shape index (κ1) is 17.9. The Kier molecular flexibility index (Phi) is 5.19. The van der Waals surface area contributed by atoms with Crippen LogP contribution in [-0.2, 0) is 11.4 Å². The lowest BCUT2D eigenvalue weighted by atomic mass is 10.1. The van der Waals surface area contributed by atoms with Crippen LogP contribution < -0.4 is 15.4 Å². The fraction of sp³-hybridized carbons (Fsp3) is 0.238. The third kappa shape index (κ3) is 3.53. The average Bonchev–Trinajstić information content (AvgIpc) is 2.66. The first-order valence-electron chi connectivity index (χ1n) is 8.55. The third-order valence-corrected chi connectivity index (χ3v) is 4.53. The van der Waals surface area contributed by atoms with Crippen molar-refractivity contribution in [2.75, 3.05) is 18.5 Å². The van der Waals surface area contributed by atoms with E-state index in [-0.39, 0.29) is 12.5 Å². The first-order valence-corrected chi connectivity index (χ1v) is 8.55. The predicted molar refractivity (Wildman–Crippen MR) is 104 cm³/mol. The lowest BCUT2D eigenvalue weighted by Gasteiger charge is -2.21. The maximum Gasteiger partial charge on any atom is 0.240 e. The summed E-state index contributed by atoms with van der Waals surface area (Å²) >= 11 is 0. The summed E-state index contributed by atoms with van der Waals surface area (Å²) in [6.07, 6.45) is 0. The van der Waals surface area contributed by atoms with Crippen LogP contribution in [0.4, 0.5) is 5.69 Å². The number of carbonyl (C=O) groups is 1. The SMILES string of the molecule is Cc1ccc2cccc(OCc3cccc(N(C)C(=O)CN)c3C)c2n1. The molecule has 134 valence electrons. The number of hydrogen-bond donors (Lipinski definition) is 1. The molecular formula is C21H23N3O2. The van der Waals surface area contributed by atoms with Crippen LogP contribution in [0.2, 0.25) is 0 Å². The minimum absolute atomic E-state index is 0.0162. The highest BCUT2D eigenvalue weighted by molar-refractivity contribution is 5.95. The number of likely N-dealkylation sites (N-methyl/N-ethyl adjacent to an activating group) is 1. The molecule has 0 aliphatic rings. The van der Waals surface area contributed by atoms with E-state index >= 15 is 0 Å². The fourth-order valence-electron chi connectivity index (χ4n) is 2.95. The van der Waals surface area contributed by atoms with Gasteiger partial charge in [0.15, 0.2) is 0 Å². The quantitative estimate of drug-likeness (QED) is 0.767. The van der Waals surface area contributed by atoms with Gasteiger partial charge in [0.2, 0.25) is 5.91 Å². The molecule has 3 aromatic rings. The van der Waals surface area contributed by atoms with Crippen LogP contribution in [0.15, 0.2) is 48.5 Å². The number of amides is 1. The molecule has 5 heteroatoms. The Morgan fingerprint density at radius 1 is 1.12 bits per heavy atom. The Balaban J connectivity index is 1.87. The molecule has 0 aliphatic heterocycles. The molecule has 3 rings (SSSR count). The molecule has 0 radical (unpaired) electrons. The number of fused-ring (bicyclic) bond motifs is 1. The zero-order valence-electron chi connectivity index (χ0n) is 15.3. The molecule has 0 fully saturated rings. The van der Waals surface area contributed by atoms with Gasteiger partial charge in [-0.15, -0.1) is 0 Å². The smallest absolute Gasteiger partial charge is 0.240 e. The zero-order chi connectivity index (χ0) is 18.7. The molecule has 2 aromatic carbocycles. The highest BCUT2D eigenvalue weighted by Crippen LogP contribution is 2.27. The summed E-state index contributed by atoms with van der Waals surface area (Å²) in [7, 11) is 1.74. The Morgan fingerprint density at radius 2 is 1.88 bits per heavy atom. The second-order valence-corrected chi connectivity index (χ2v) is 6.29. The Morgan fingerprint density at radius 3 is 2.65 bits per heavy atom. The summed E-state index contributed by atoms with van der Waals surface area (Å²) in [6, 6.07) is 15.8. The largest absolute Gasteiger partial charge is 0.487 e. The number of anilines is 1. The van der Waals surface area contributed by atoms with E-state index in [1.807, 2.05) is 62.4 Å². The van der Waals surface area contributed by atoms with Gasteiger partial charge in [-0.05, 0) is 43.2 Å². The molecular weight excluding hydrogens is 326 g/mol. The monoisotopic (exact) mass is 349 g/mol. The van der Waals surface area contributed by atoms with Crippen LogP contribution in [0.3, 0.4) is 0 Å². The van der Waals surface area contributed by atoms with Gasteiger partial charge in [0.1, 0.15) is 17.9 Å². The first-order chi connectivity index (χ1) is 12.5. The summed E-state index contributed by atoms with van der Waals surface area (Å²) in [5.41, 5.74) is 10.1. The molecule has 1 aromatic heterocycles. The van der Waals surface area contributed by atoms with Gasteiger partial charge in [-0.2, -0.15) is 0 Å². The van der Waals surface area contributed by atoms with Crippen LogP contribution in [0, 0.1) is 13.8 Å². The van der Waals surface area contributed by atoms with E-state index in [1.165, 1.54) is 0 Å². The van der Waals surface area contributed by atoms with Gasteiger partial charge in [0.25, 0.3) is 0 Å². The van der Waals surface area contributed by atoms with Gasteiger partial charge in [-0.3, -0.25) is 4.79 Å². The highest BCUT2D eigenvalue weighted by atomic mass is 16.5. The van der Waals surface area contributed by atoms with Crippen molar-refractivity contribution in [1.82, 2.24) is 4.98 Å². The van der Waals surface area contributed by atoms with Crippen LogP contribution in [0.5, 0.6) is 5.75 Å². The number of rotatable bonds is 5. The van der Waals surface area contributed by atoms with E-state index in [0.717, 1.165) is 39.2 Å². The predicted octanol–water partition coefficient (Wildman–Crippen LogP) is 3.35. The number of para-hydroxylation sites is 1. The molecule has 0 unspecified atom stereocenters. The lowest BCUT2D eigenvalue weighted by Crippen LogP contribution is -2.33. The lowest BCUT2D eigenvalue weighted by molar-refractivity contribution is -0.117. The van der Waals surface area contributed by atoms with Crippen molar-refractivity contribution in [3.63, 3.8) is 0 Å². The molecule has 5 nitrogen and oxygen atoms in total. The summed E-state index contributed by atoms with van der Waals surface area (Å²) in [5.74, 6) is 0.627. The molecule has 0 bridgehead atoms. The van der Waals surface area contributed by atoms with Crippen LogP contribution in [0.25, 0.3) is 10.9 Å². The summed E-state index contributed by atoms with van der Waals surface area (Å²) in [6.45, 7) is 4.34. The van der Waals surface area contributed by atoms with E-state index in [2.05, 4.69) is 4.98 Å². The fourth-order valence-corrected chi connectivity index (χ4v) is 2.95. The van der Waals surface area contributed by atoms with Crippen molar-refractivity contribution in [3.05, 3.63) is 65.4 Å². The number of ether oxygens (including phenoxy) is 1. The standard InChI is InChI=1S/C21H23N3O2/c1-14-10-11-16-6-5-9-19(21(16)23-14)26-13-17-7-4-8-18(15(17)2)24(3)20(25)12-22/h4-11H,12-13,22H2,1-3H3. The van der Waals surface area contributed by atoms with Gasteiger partial charge >= 0.3 is 0 Å². The molecule has 0 saturated heterocycles. The van der Waals surface area contributed by atoms with E-state index < -0.39 is 0 Å². The van der Waals surface area contributed by atoms with E-state index in [1.54, 1.807) is 11.9 Å². The van der Waals surface area contributed by atoms with E-state index in [9.17, 15) is 4.79 Å². The Hall–Kier alpha value is -2.92. The Labute approximate surface area is 153 Å². The molecule has 0 saturated carbocycles. The van der Waals surface area contributed by atoms with Gasteiger partial charge < -0.3 is 15.4 Å². The van der Waals surface area contributed by atoms with Crippen LogP contribution >= 0.6 is 0 Å². The van der Waals surface area contributed by atoms with Gasteiger partial charge in [-0.25, -0.2) is 4.98 Å². The number of aromatic nitrogens is 1. The number of aryl methyl sites for hydroxylation is 1. The van der Waals surface area contributed by atoms with E-state index in [0.29, 0.717) is 6.61 Å². The maximum absolute atomic E-state index is 11.9. The normalized spacial score (nSPS) is 10.8. The van der Waals surface area contributed by atoms with Gasteiger partial charge in [0, 0.05) is 23.8 Å². The third-order valence-electron chi connectivity index (χ3n) is 4.53. The second-order valence-electron chi connectivity index (χ2n) is 6.29. The molecule has 2 N–H and O–H groups in total. The van der Waals surface area contributed by atoms with Crippen molar-refractivity contribution in [2.24, 2.45) is 5.73 Å². The van der Waals surface area contributed by atoms with Gasteiger partial charge in [-0.1, -0.05) is 30.3 Å². The molecule has 1 amide bonds.